The molecule has 0 aromatic carbocycles. The molecular formula is C30H40FN7O5. The van der Waals surface area contributed by atoms with Crippen molar-refractivity contribution in [3.8, 4) is 0 Å². The Kier molecular flexibility index (Phi) is 11.6. The van der Waals surface area contributed by atoms with Gasteiger partial charge < -0.3 is 29.8 Å². The number of aromatic amines is 1. The van der Waals surface area contributed by atoms with E-state index in [2.05, 4.69) is 30.3 Å². The number of aromatic nitrogens is 4. The van der Waals surface area contributed by atoms with Gasteiger partial charge in [-0.2, -0.15) is 0 Å². The number of carbonyl (C=O) groups is 3. The zero-order valence-electron chi connectivity index (χ0n) is 25.5. The van der Waals surface area contributed by atoms with Crippen molar-refractivity contribution in [1.82, 2.24) is 29.7 Å². The fourth-order valence-electron chi connectivity index (χ4n) is 4.48. The molecule has 1 unspecified atom stereocenters. The van der Waals surface area contributed by atoms with Gasteiger partial charge in [-0.05, 0) is 49.8 Å². The summed E-state index contributed by atoms with van der Waals surface area (Å²) in [5.41, 5.74) is 1.59. The summed E-state index contributed by atoms with van der Waals surface area (Å²) in [6.07, 6.45) is 5.76. The molecule has 3 N–H and O–H groups in total. The van der Waals surface area contributed by atoms with E-state index in [1.165, 1.54) is 28.7 Å². The number of carbonyl (C=O) groups excluding carboxylic acids is 3. The van der Waals surface area contributed by atoms with Crippen LogP contribution in [0.1, 0.15) is 57.2 Å². The number of aryl methyl sites for hydroxylation is 1. The van der Waals surface area contributed by atoms with Gasteiger partial charge in [0.2, 0.25) is 11.8 Å². The third-order valence-electron chi connectivity index (χ3n) is 6.66. The van der Waals surface area contributed by atoms with Crippen molar-refractivity contribution in [2.45, 2.75) is 65.5 Å². The first-order chi connectivity index (χ1) is 20.4. The molecule has 3 aromatic heterocycles. The number of nitrogens with one attached hydrogen (secondary N) is 3. The number of fused-ring (bicyclic) bond motifs is 1. The number of methoxy groups -OCH3 is 1. The highest BCUT2D eigenvalue weighted by Gasteiger charge is 2.23. The number of nitrogens with zero attached hydrogens (tertiary/aromatic N) is 4. The quantitative estimate of drug-likeness (QED) is 0.255. The first-order valence-corrected chi connectivity index (χ1v) is 14.2. The van der Waals surface area contributed by atoms with Crippen molar-refractivity contribution in [2.75, 3.05) is 26.5 Å². The van der Waals surface area contributed by atoms with Crippen LogP contribution in [0.3, 0.4) is 0 Å². The molecule has 3 amide bonds. The third kappa shape index (κ3) is 8.72. The molecule has 0 bridgehead atoms. The van der Waals surface area contributed by atoms with Crippen LogP contribution in [0.25, 0.3) is 11.0 Å². The molecule has 43 heavy (non-hydrogen) atoms. The van der Waals surface area contributed by atoms with Gasteiger partial charge in [-0.25, -0.2) is 14.2 Å². The number of H-pyrrole nitrogens is 1. The smallest absolute Gasteiger partial charge is 0.407 e. The summed E-state index contributed by atoms with van der Waals surface area (Å²) in [6, 6.07) is 2.23. The molecular weight excluding hydrogens is 557 g/mol. The number of hydrogen-bond acceptors (Lipinski definition) is 7. The van der Waals surface area contributed by atoms with Crippen molar-refractivity contribution in [3.63, 3.8) is 0 Å². The summed E-state index contributed by atoms with van der Waals surface area (Å²) in [6.45, 7) is 6.08. The predicted molar refractivity (Wildman–Crippen MR) is 161 cm³/mol. The van der Waals surface area contributed by atoms with Crippen molar-refractivity contribution in [3.05, 3.63) is 63.9 Å². The number of imidazole rings is 1. The van der Waals surface area contributed by atoms with Crippen molar-refractivity contribution >= 4 is 34.6 Å². The summed E-state index contributed by atoms with van der Waals surface area (Å²) in [7, 11) is 4.42. The van der Waals surface area contributed by atoms with Crippen LogP contribution in [0.15, 0.2) is 35.3 Å². The molecule has 0 spiro atoms. The number of hydrogen-bond donors (Lipinski definition) is 3. The first kappa shape index (κ1) is 33.0. The monoisotopic (exact) mass is 597 g/mol. The third-order valence-corrected chi connectivity index (χ3v) is 6.66. The molecule has 3 heterocycles. The minimum atomic E-state index is -1.04. The maximum Gasteiger partial charge on any atom is 0.407 e. The summed E-state index contributed by atoms with van der Waals surface area (Å²) in [5, 5.41) is 5.10. The molecule has 0 saturated carbocycles. The standard InChI is InChI=1S/C30H40FN7O5/c1-7-10-19-13-14-22(33-28(40)21(34-30(42)43-6)11-8-9-12-25(39)37(4)5)29(41)38(19)17-24-35-26-20(31)16-32-23(15-18(2)3)27(26)36-24/h9,12-14,16,18,21H,7-8,10-11,15,17H2,1-6H3,(H,33,40)(H,34,42)(H,35,36). The van der Waals surface area contributed by atoms with Crippen LogP contribution in [0.4, 0.5) is 14.9 Å². The molecule has 0 aliphatic carbocycles. The van der Waals surface area contributed by atoms with Crippen molar-refractivity contribution < 1.29 is 23.5 Å². The predicted octanol–water partition coefficient (Wildman–Crippen LogP) is 3.55. The van der Waals surface area contributed by atoms with Gasteiger partial charge in [0.25, 0.3) is 5.56 Å². The zero-order chi connectivity index (χ0) is 31.7. The Balaban J connectivity index is 1.90. The lowest BCUT2D eigenvalue weighted by Gasteiger charge is -2.18. The average Bonchev–Trinajstić information content (AvgIpc) is 3.39. The van der Waals surface area contributed by atoms with E-state index in [0.717, 1.165) is 12.6 Å². The molecule has 1 atom stereocenters. The fourth-order valence-corrected chi connectivity index (χ4v) is 4.48. The number of pyridine rings is 2. The van der Waals surface area contributed by atoms with Crippen LogP contribution in [0.2, 0.25) is 0 Å². The number of amides is 3. The second-order valence-electron chi connectivity index (χ2n) is 10.8. The largest absolute Gasteiger partial charge is 0.453 e. The van der Waals surface area contributed by atoms with Crippen molar-refractivity contribution in [2.24, 2.45) is 5.92 Å². The van der Waals surface area contributed by atoms with Gasteiger partial charge in [-0.15, -0.1) is 0 Å². The van der Waals surface area contributed by atoms with E-state index in [9.17, 15) is 23.6 Å². The number of ether oxygens (including phenoxy) is 1. The minimum Gasteiger partial charge on any atom is -0.453 e. The van der Waals surface area contributed by atoms with Gasteiger partial charge >= 0.3 is 6.09 Å². The van der Waals surface area contributed by atoms with Gasteiger partial charge in [0.15, 0.2) is 5.82 Å². The number of allylic oxidation sites excluding steroid dienone is 1. The Bertz CT molecular complexity index is 1540. The van der Waals surface area contributed by atoms with E-state index in [-0.39, 0.29) is 30.1 Å². The Labute approximate surface area is 249 Å². The van der Waals surface area contributed by atoms with Crippen LogP contribution in [-0.2, 0) is 33.7 Å². The maximum atomic E-state index is 14.6. The summed E-state index contributed by atoms with van der Waals surface area (Å²) in [5.74, 6) is -0.730. The van der Waals surface area contributed by atoms with Gasteiger partial charge in [0.05, 0.1) is 31.1 Å². The van der Waals surface area contributed by atoms with Gasteiger partial charge in [-0.3, -0.25) is 19.4 Å². The van der Waals surface area contributed by atoms with Gasteiger partial charge in [-0.1, -0.05) is 33.3 Å². The second-order valence-corrected chi connectivity index (χ2v) is 10.8. The first-order valence-electron chi connectivity index (χ1n) is 14.2. The van der Waals surface area contributed by atoms with E-state index in [1.54, 1.807) is 26.2 Å². The number of likely N-dealkylation sites (N-methyl/N-ethyl adjacent to an activating group) is 1. The lowest BCUT2D eigenvalue weighted by molar-refractivity contribution is -0.123. The van der Waals surface area contributed by atoms with Gasteiger partial charge in [0, 0.05) is 19.8 Å². The fraction of sp³-hybridized carbons (Fsp3) is 0.467. The zero-order valence-corrected chi connectivity index (χ0v) is 25.5. The molecule has 13 heteroatoms. The second kappa shape index (κ2) is 15.1. The normalized spacial score (nSPS) is 12.1. The van der Waals surface area contributed by atoms with Crippen LogP contribution in [-0.4, -0.2) is 69.6 Å². The minimum absolute atomic E-state index is 0.00398. The topological polar surface area (TPSA) is 151 Å². The van der Waals surface area contributed by atoms with E-state index in [1.807, 2.05) is 20.8 Å². The maximum absolute atomic E-state index is 14.6. The van der Waals surface area contributed by atoms with E-state index in [0.29, 0.717) is 47.9 Å². The van der Waals surface area contributed by atoms with Crippen molar-refractivity contribution in [1.29, 1.82) is 0 Å². The lowest BCUT2D eigenvalue weighted by Crippen LogP contribution is -2.44. The molecule has 0 saturated heterocycles. The lowest BCUT2D eigenvalue weighted by atomic mass is 10.1. The van der Waals surface area contributed by atoms with Gasteiger partial charge in [0.1, 0.15) is 23.1 Å². The number of halogens is 1. The molecule has 12 nitrogen and oxygen atoms in total. The molecule has 3 rings (SSSR count). The van der Waals surface area contributed by atoms with Crippen LogP contribution in [0, 0.1) is 11.7 Å². The van der Waals surface area contributed by atoms with E-state index < -0.39 is 29.4 Å². The Morgan fingerprint density at radius 1 is 1.23 bits per heavy atom. The molecule has 0 aliphatic heterocycles. The van der Waals surface area contributed by atoms with Crippen LogP contribution in [0.5, 0.6) is 0 Å². The highest BCUT2D eigenvalue weighted by molar-refractivity contribution is 5.96. The Hall–Kier alpha value is -4.55. The molecule has 3 aromatic rings. The molecule has 232 valence electrons. The summed E-state index contributed by atoms with van der Waals surface area (Å²) >= 11 is 0. The highest BCUT2D eigenvalue weighted by Crippen LogP contribution is 2.21. The highest BCUT2D eigenvalue weighted by atomic mass is 19.1. The number of rotatable bonds is 13. The van der Waals surface area contributed by atoms with Crippen LogP contribution >= 0.6 is 0 Å². The summed E-state index contributed by atoms with van der Waals surface area (Å²) < 4.78 is 20.7. The molecule has 0 fully saturated rings. The molecule has 0 aliphatic rings. The molecule has 0 radical (unpaired) electrons. The average molecular weight is 598 g/mol. The number of alkyl carbamates (subject to hydrolysis) is 1. The Morgan fingerprint density at radius 3 is 2.63 bits per heavy atom. The SMILES string of the molecule is CCCc1ccc(NC(=O)C(CCC=CC(=O)N(C)C)NC(=O)OC)c(=O)n1Cc1nc2c(F)cnc(CC(C)C)c2[nH]1. The summed E-state index contributed by atoms with van der Waals surface area (Å²) in [4.78, 5) is 63.8. The van der Waals surface area contributed by atoms with E-state index in [4.69, 9.17) is 0 Å². The van der Waals surface area contributed by atoms with E-state index >= 15 is 0 Å². The number of anilines is 1. The Morgan fingerprint density at radius 2 is 1.98 bits per heavy atom. The van der Waals surface area contributed by atoms with Crippen LogP contribution < -0.4 is 16.2 Å².